The highest BCUT2D eigenvalue weighted by atomic mass is 35.5. The molecule has 7 amide bonds. The summed E-state index contributed by atoms with van der Waals surface area (Å²) in [6, 6.07) is 8.96. The van der Waals surface area contributed by atoms with Crippen LogP contribution in [0.5, 0.6) is 0 Å². The van der Waals surface area contributed by atoms with Crippen LogP contribution in [0.1, 0.15) is 60.7 Å². The van der Waals surface area contributed by atoms with Crippen molar-refractivity contribution in [1.82, 2.24) is 24.9 Å². The van der Waals surface area contributed by atoms with E-state index in [0.717, 1.165) is 16.0 Å². The molecule has 2 heterocycles. The molecular formula is C36H47ClN6O10. The van der Waals surface area contributed by atoms with Gasteiger partial charge in [-0.1, -0.05) is 29.8 Å². The molecule has 0 spiro atoms. The van der Waals surface area contributed by atoms with Crippen molar-refractivity contribution in [1.29, 1.82) is 0 Å². The van der Waals surface area contributed by atoms with Crippen molar-refractivity contribution in [2.45, 2.75) is 65.3 Å². The average molecular weight is 759 g/mol. The summed E-state index contributed by atoms with van der Waals surface area (Å²) in [4.78, 5) is 82.6. The third-order valence-corrected chi connectivity index (χ3v) is 8.88. The average Bonchev–Trinajstić information content (AvgIpc) is 3.42. The lowest BCUT2D eigenvalue weighted by Crippen LogP contribution is -2.55. The largest absolute Gasteiger partial charge is 0.444 e. The van der Waals surface area contributed by atoms with E-state index in [4.69, 9.17) is 30.9 Å². The summed E-state index contributed by atoms with van der Waals surface area (Å²) in [6.45, 7) is 7.02. The van der Waals surface area contributed by atoms with E-state index in [1.807, 2.05) is 6.92 Å². The number of carbonyl (C=O) groups is 6. The van der Waals surface area contributed by atoms with Gasteiger partial charge in [-0.15, -0.1) is 0 Å². The van der Waals surface area contributed by atoms with Crippen LogP contribution in [0.4, 0.5) is 20.1 Å². The van der Waals surface area contributed by atoms with E-state index in [-0.39, 0.29) is 71.3 Å². The fourth-order valence-electron chi connectivity index (χ4n) is 5.59. The predicted molar refractivity (Wildman–Crippen MR) is 193 cm³/mol. The lowest BCUT2D eigenvalue weighted by molar-refractivity contribution is -0.156. The van der Waals surface area contributed by atoms with Crippen LogP contribution < -0.4 is 10.6 Å². The van der Waals surface area contributed by atoms with Gasteiger partial charge in [-0.25, -0.2) is 19.3 Å². The van der Waals surface area contributed by atoms with Crippen LogP contribution in [0.15, 0.2) is 36.4 Å². The molecule has 1 saturated heterocycles. The molecule has 0 saturated carbocycles. The second kappa shape index (κ2) is 18.2. The van der Waals surface area contributed by atoms with Gasteiger partial charge in [0.1, 0.15) is 11.6 Å². The number of amides is 7. The molecule has 2 aliphatic heterocycles. The smallest absolute Gasteiger partial charge is 0.411 e. The Labute approximate surface area is 313 Å². The number of benzene rings is 2. The van der Waals surface area contributed by atoms with E-state index in [9.17, 15) is 28.8 Å². The number of aliphatic hydroxyl groups excluding tert-OH is 1. The van der Waals surface area contributed by atoms with Gasteiger partial charge in [-0.3, -0.25) is 14.4 Å². The maximum Gasteiger partial charge on any atom is 0.411 e. The molecule has 2 aromatic carbocycles. The summed E-state index contributed by atoms with van der Waals surface area (Å²) in [7, 11) is 1.44. The summed E-state index contributed by atoms with van der Waals surface area (Å²) in [5.74, 6) is -1.56. The molecule has 53 heavy (non-hydrogen) atoms. The number of hydrogen-bond donors (Lipinski definition) is 3. The number of carbonyl (C=O) groups excluding carboxylic acids is 6. The van der Waals surface area contributed by atoms with Gasteiger partial charge in [-0.2, -0.15) is 0 Å². The van der Waals surface area contributed by atoms with Gasteiger partial charge in [0.2, 0.25) is 5.91 Å². The first-order valence-electron chi connectivity index (χ1n) is 17.2. The summed E-state index contributed by atoms with van der Waals surface area (Å²) in [5.41, 5.74) is 2.50. The third-order valence-electron chi connectivity index (χ3n) is 8.47. The maximum absolute atomic E-state index is 13.5. The number of hydrogen-bond acceptors (Lipinski definition) is 10. The zero-order valence-electron chi connectivity index (χ0n) is 30.6. The summed E-state index contributed by atoms with van der Waals surface area (Å²) < 4.78 is 16.0. The maximum atomic E-state index is 13.5. The Morgan fingerprint density at radius 1 is 1.02 bits per heavy atom. The Morgan fingerprint density at radius 3 is 2.47 bits per heavy atom. The molecule has 0 aliphatic carbocycles. The molecule has 0 radical (unpaired) electrons. The van der Waals surface area contributed by atoms with Crippen molar-refractivity contribution < 1.29 is 48.1 Å². The van der Waals surface area contributed by atoms with E-state index in [1.165, 1.54) is 21.7 Å². The molecule has 1 unspecified atom stereocenters. The number of fused-ring (bicyclic) bond motifs is 1. The van der Waals surface area contributed by atoms with E-state index >= 15 is 0 Å². The molecule has 4 rings (SSSR count). The molecule has 0 bridgehead atoms. The lowest BCUT2D eigenvalue weighted by atomic mass is 10.0. The van der Waals surface area contributed by atoms with Gasteiger partial charge in [0, 0.05) is 62.5 Å². The van der Waals surface area contributed by atoms with Gasteiger partial charge >= 0.3 is 18.2 Å². The van der Waals surface area contributed by atoms with Gasteiger partial charge in [0.05, 0.1) is 19.8 Å². The van der Waals surface area contributed by atoms with Gasteiger partial charge in [-0.05, 0) is 69.0 Å². The number of anilines is 1. The van der Waals surface area contributed by atoms with Crippen LogP contribution in [-0.2, 0) is 36.9 Å². The predicted octanol–water partition coefficient (Wildman–Crippen LogP) is 3.72. The number of ether oxygens (including phenoxy) is 3. The van der Waals surface area contributed by atoms with Crippen LogP contribution in [0, 0.1) is 6.92 Å². The SMILES string of the molecule is Cc1ccc(NC(=O)NCc2ccc3c(c2)CN(C2CCC(=O)N(COC(=O)N(C)CCN(CCOCCO)C(=O)OC(C)(C)C)C2=O)C3=O)cc1Cl. The standard InChI is InChI=1S/C36H47ClN6O10/c1-23-6-8-26(19-28(23)37)39-33(48)38-20-24-7-9-27-25(18-24)21-42(31(27)46)29-10-11-30(45)43(32(29)47)22-52-34(49)40(5)12-13-41(14-16-51-17-15-44)35(50)53-36(2,3)4/h6-9,18-19,29,44H,10-17,20-22H2,1-5H3,(H2,38,39,48). The number of aliphatic hydroxyl groups is 1. The van der Waals surface area contributed by atoms with E-state index in [2.05, 4.69) is 10.6 Å². The quantitative estimate of drug-likeness (QED) is 0.189. The minimum absolute atomic E-state index is 0.0347. The zero-order valence-corrected chi connectivity index (χ0v) is 31.4. The first-order valence-corrected chi connectivity index (χ1v) is 17.6. The number of rotatable bonds is 14. The molecule has 3 N–H and O–H groups in total. The highest BCUT2D eigenvalue weighted by Crippen LogP contribution is 2.30. The van der Waals surface area contributed by atoms with Crippen LogP contribution in [0.2, 0.25) is 5.02 Å². The Morgan fingerprint density at radius 2 is 1.77 bits per heavy atom. The first kappa shape index (κ1) is 40.8. The van der Waals surface area contributed by atoms with E-state index < -0.39 is 48.4 Å². The number of nitrogens with zero attached hydrogens (tertiary/aromatic N) is 4. The fraction of sp³-hybridized carbons (Fsp3) is 0.500. The Hall–Kier alpha value is -4.93. The second-order valence-electron chi connectivity index (χ2n) is 13.7. The highest BCUT2D eigenvalue weighted by Gasteiger charge is 2.43. The number of likely N-dealkylation sites (tertiary alicyclic amines) is 1. The number of halogens is 1. The summed E-state index contributed by atoms with van der Waals surface area (Å²) in [6.07, 6.45) is -1.37. The lowest BCUT2D eigenvalue weighted by Gasteiger charge is -2.35. The number of aryl methyl sites for hydroxylation is 1. The summed E-state index contributed by atoms with van der Waals surface area (Å²) >= 11 is 6.14. The molecule has 2 aromatic rings. The number of urea groups is 1. The Bertz CT molecular complexity index is 1700. The van der Waals surface area contributed by atoms with Crippen molar-refractivity contribution in [2.75, 3.05) is 58.6 Å². The normalized spacial score (nSPS) is 15.6. The molecule has 2 aliphatic rings. The molecule has 17 heteroatoms. The third kappa shape index (κ3) is 11.3. The molecule has 1 atom stereocenters. The van der Waals surface area contributed by atoms with Crippen LogP contribution in [0.3, 0.4) is 0 Å². The minimum Gasteiger partial charge on any atom is -0.444 e. The zero-order chi connectivity index (χ0) is 38.9. The van der Waals surface area contributed by atoms with E-state index in [0.29, 0.717) is 21.8 Å². The Kier molecular flexibility index (Phi) is 14.0. The van der Waals surface area contributed by atoms with Crippen molar-refractivity contribution in [2.24, 2.45) is 0 Å². The molecule has 16 nitrogen and oxygen atoms in total. The number of nitrogens with one attached hydrogen (secondary N) is 2. The van der Waals surface area contributed by atoms with Gasteiger partial charge < -0.3 is 44.7 Å². The Balaban J connectivity index is 1.30. The number of likely N-dealkylation sites (N-methyl/N-ethyl adjacent to an activating group) is 1. The second-order valence-corrected chi connectivity index (χ2v) is 14.1. The van der Waals surface area contributed by atoms with Gasteiger partial charge in [0.25, 0.3) is 11.8 Å². The fourth-order valence-corrected chi connectivity index (χ4v) is 5.77. The van der Waals surface area contributed by atoms with Gasteiger partial charge in [0.15, 0.2) is 6.73 Å². The number of piperidine rings is 1. The highest BCUT2D eigenvalue weighted by molar-refractivity contribution is 6.31. The molecular weight excluding hydrogens is 712 g/mol. The topological polar surface area (TPSA) is 187 Å². The first-order chi connectivity index (χ1) is 25.1. The van der Waals surface area contributed by atoms with Crippen LogP contribution in [0.25, 0.3) is 0 Å². The monoisotopic (exact) mass is 758 g/mol. The molecule has 288 valence electrons. The van der Waals surface area contributed by atoms with Crippen molar-refractivity contribution in [3.63, 3.8) is 0 Å². The van der Waals surface area contributed by atoms with Crippen molar-refractivity contribution in [3.8, 4) is 0 Å². The van der Waals surface area contributed by atoms with Crippen molar-refractivity contribution in [3.05, 3.63) is 63.7 Å². The minimum atomic E-state index is -0.951. The van der Waals surface area contributed by atoms with E-state index in [1.54, 1.807) is 57.2 Å². The number of imide groups is 1. The van der Waals surface area contributed by atoms with Crippen LogP contribution >= 0.6 is 11.6 Å². The van der Waals surface area contributed by atoms with Crippen LogP contribution in [-0.4, -0.2) is 126 Å². The molecule has 0 aromatic heterocycles. The molecule has 1 fully saturated rings. The summed E-state index contributed by atoms with van der Waals surface area (Å²) in [5, 5.41) is 15.0. The van der Waals surface area contributed by atoms with Crippen molar-refractivity contribution >= 4 is 53.2 Å².